The van der Waals surface area contributed by atoms with Crippen LogP contribution >= 0.6 is 34.2 Å². The normalized spacial score (nSPS) is 10.3. The molecule has 1 heterocycles. The van der Waals surface area contributed by atoms with Crippen LogP contribution in [0.2, 0.25) is 5.02 Å². The van der Waals surface area contributed by atoms with E-state index in [9.17, 15) is 4.79 Å². The Bertz CT molecular complexity index is 545. The van der Waals surface area contributed by atoms with Gasteiger partial charge in [-0.2, -0.15) is 4.98 Å². The number of halogens is 2. The van der Waals surface area contributed by atoms with E-state index in [4.69, 9.17) is 11.6 Å². The zero-order chi connectivity index (χ0) is 13.0. The molecular formula is C11H9ClIN3O2. The van der Waals surface area contributed by atoms with E-state index < -0.39 is 0 Å². The molecule has 1 N–H and O–H groups in total. The Morgan fingerprint density at radius 2 is 2.33 bits per heavy atom. The highest BCUT2D eigenvalue weighted by Gasteiger charge is 2.07. The zero-order valence-corrected chi connectivity index (χ0v) is 12.1. The quantitative estimate of drug-likeness (QED) is 0.830. The second kappa shape index (κ2) is 6.14. The maximum absolute atomic E-state index is 11.8. The third-order valence-electron chi connectivity index (χ3n) is 2.22. The van der Waals surface area contributed by atoms with Crippen molar-refractivity contribution in [3.63, 3.8) is 0 Å². The van der Waals surface area contributed by atoms with Crippen LogP contribution in [0.4, 0.5) is 0 Å². The molecule has 0 radical (unpaired) electrons. The molecule has 1 aromatic heterocycles. The molecule has 0 aliphatic heterocycles. The van der Waals surface area contributed by atoms with Crippen LogP contribution in [0, 0.1) is 3.57 Å². The van der Waals surface area contributed by atoms with Crippen molar-refractivity contribution in [1.82, 2.24) is 15.5 Å². The molecule has 1 amide bonds. The standard InChI is InChI=1S/C11H9ClIN3O2/c12-8-5-7(1-2-9(8)13)11(17)14-4-3-10-15-6-18-16-10/h1-2,5-6H,3-4H2,(H,14,17). The van der Waals surface area contributed by atoms with Crippen LogP contribution in [0.1, 0.15) is 16.2 Å². The predicted octanol–water partition coefficient (Wildman–Crippen LogP) is 2.30. The van der Waals surface area contributed by atoms with Crippen molar-refractivity contribution in [3.05, 3.63) is 44.6 Å². The van der Waals surface area contributed by atoms with Crippen molar-refractivity contribution in [1.29, 1.82) is 0 Å². The molecule has 0 aliphatic rings. The van der Waals surface area contributed by atoms with Gasteiger partial charge in [-0.3, -0.25) is 4.79 Å². The maximum Gasteiger partial charge on any atom is 0.251 e. The number of hydrogen-bond acceptors (Lipinski definition) is 4. The van der Waals surface area contributed by atoms with Gasteiger partial charge in [0.1, 0.15) is 0 Å². The Kier molecular flexibility index (Phi) is 4.54. The number of nitrogens with one attached hydrogen (secondary N) is 1. The van der Waals surface area contributed by atoms with Gasteiger partial charge >= 0.3 is 0 Å². The zero-order valence-electron chi connectivity index (χ0n) is 9.19. The summed E-state index contributed by atoms with van der Waals surface area (Å²) in [7, 11) is 0. The lowest BCUT2D eigenvalue weighted by Crippen LogP contribution is -2.25. The van der Waals surface area contributed by atoms with Crippen molar-refractivity contribution in [2.24, 2.45) is 0 Å². The van der Waals surface area contributed by atoms with E-state index in [1.807, 2.05) is 0 Å². The Morgan fingerprint density at radius 3 is 3.00 bits per heavy atom. The summed E-state index contributed by atoms with van der Waals surface area (Å²) in [5.41, 5.74) is 0.536. The van der Waals surface area contributed by atoms with E-state index in [1.54, 1.807) is 18.2 Å². The van der Waals surface area contributed by atoms with Gasteiger partial charge in [-0.25, -0.2) is 0 Å². The predicted molar refractivity (Wildman–Crippen MR) is 74.5 cm³/mol. The Morgan fingerprint density at radius 1 is 1.50 bits per heavy atom. The molecule has 2 rings (SSSR count). The molecule has 7 heteroatoms. The van der Waals surface area contributed by atoms with Gasteiger partial charge in [0.15, 0.2) is 5.82 Å². The summed E-state index contributed by atoms with van der Waals surface area (Å²) in [5, 5.41) is 6.99. The molecule has 94 valence electrons. The molecule has 0 spiro atoms. The molecule has 1 aromatic carbocycles. The van der Waals surface area contributed by atoms with Crippen LogP contribution in [0.3, 0.4) is 0 Å². The van der Waals surface area contributed by atoms with Gasteiger partial charge in [0, 0.05) is 22.1 Å². The van der Waals surface area contributed by atoms with Gasteiger partial charge in [0.2, 0.25) is 6.39 Å². The first-order valence-electron chi connectivity index (χ1n) is 5.15. The minimum atomic E-state index is -0.170. The maximum atomic E-state index is 11.8. The molecular weight excluding hydrogens is 368 g/mol. The number of nitrogens with zero attached hydrogens (tertiary/aromatic N) is 2. The third kappa shape index (κ3) is 3.42. The van der Waals surface area contributed by atoms with E-state index in [-0.39, 0.29) is 5.91 Å². The fourth-order valence-electron chi connectivity index (χ4n) is 1.33. The topological polar surface area (TPSA) is 68.0 Å². The molecule has 0 unspecified atom stereocenters. The lowest BCUT2D eigenvalue weighted by Gasteiger charge is -2.04. The Balaban J connectivity index is 1.89. The first-order chi connectivity index (χ1) is 8.66. The number of carbonyl (C=O) groups is 1. The van der Waals surface area contributed by atoms with Gasteiger partial charge in [-0.05, 0) is 40.8 Å². The number of aromatic nitrogens is 2. The lowest BCUT2D eigenvalue weighted by molar-refractivity contribution is 0.0954. The van der Waals surface area contributed by atoms with Crippen molar-refractivity contribution < 1.29 is 9.32 Å². The first-order valence-corrected chi connectivity index (χ1v) is 6.61. The summed E-state index contributed by atoms with van der Waals surface area (Å²) in [4.78, 5) is 15.7. The summed E-state index contributed by atoms with van der Waals surface area (Å²) in [6, 6.07) is 5.18. The van der Waals surface area contributed by atoms with Crippen LogP contribution in [-0.4, -0.2) is 22.6 Å². The van der Waals surface area contributed by atoms with E-state index in [1.165, 1.54) is 6.39 Å². The molecule has 0 saturated heterocycles. The smallest absolute Gasteiger partial charge is 0.251 e. The minimum Gasteiger partial charge on any atom is -0.352 e. The SMILES string of the molecule is O=C(NCCc1ncon1)c1ccc(I)c(Cl)c1. The molecule has 5 nitrogen and oxygen atoms in total. The number of carbonyl (C=O) groups excluding carboxylic acids is 1. The van der Waals surface area contributed by atoms with Gasteiger partial charge in [-0.15, -0.1) is 0 Å². The molecule has 18 heavy (non-hydrogen) atoms. The second-order valence-electron chi connectivity index (χ2n) is 3.48. The number of amides is 1. The van der Waals surface area contributed by atoms with Crippen LogP contribution < -0.4 is 5.32 Å². The van der Waals surface area contributed by atoms with Gasteiger partial charge in [-0.1, -0.05) is 16.8 Å². The molecule has 2 aromatic rings. The second-order valence-corrected chi connectivity index (χ2v) is 5.05. The van der Waals surface area contributed by atoms with Crippen LogP contribution in [0.15, 0.2) is 29.1 Å². The minimum absolute atomic E-state index is 0.170. The lowest BCUT2D eigenvalue weighted by atomic mass is 10.2. The van der Waals surface area contributed by atoms with Crippen LogP contribution in [0.25, 0.3) is 0 Å². The summed E-state index contributed by atoms with van der Waals surface area (Å²) in [5.74, 6) is 0.396. The number of benzene rings is 1. The fraction of sp³-hybridized carbons (Fsp3) is 0.182. The van der Waals surface area contributed by atoms with Crippen molar-refractivity contribution in [2.45, 2.75) is 6.42 Å². The van der Waals surface area contributed by atoms with Crippen molar-refractivity contribution in [2.75, 3.05) is 6.54 Å². The van der Waals surface area contributed by atoms with Crippen LogP contribution in [-0.2, 0) is 6.42 Å². The summed E-state index contributed by atoms with van der Waals surface area (Å²) in [6.07, 6.45) is 1.79. The third-order valence-corrected chi connectivity index (χ3v) is 3.80. The molecule has 0 bridgehead atoms. The summed E-state index contributed by atoms with van der Waals surface area (Å²) in [6.45, 7) is 0.446. The van der Waals surface area contributed by atoms with Crippen LogP contribution in [0.5, 0.6) is 0 Å². The monoisotopic (exact) mass is 377 g/mol. The summed E-state index contributed by atoms with van der Waals surface area (Å²) >= 11 is 8.06. The fourth-order valence-corrected chi connectivity index (χ4v) is 1.85. The van der Waals surface area contributed by atoms with Gasteiger partial charge in [0.25, 0.3) is 5.91 Å². The van der Waals surface area contributed by atoms with E-state index in [0.29, 0.717) is 29.4 Å². The number of hydrogen-bond donors (Lipinski definition) is 1. The van der Waals surface area contributed by atoms with E-state index in [0.717, 1.165) is 3.57 Å². The highest BCUT2D eigenvalue weighted by atomic mass is 127. The Labute approximate surface area is 122 Å². The van der Waals surface area contributed by atoms with Gasteiger partial charge < -0.3 is 9.84 Å². The molecule has 0 saturated carbocycles. The van der Waals surface area contributed by atoms with E-state index >= 15 is 0 Å². The largest absolute Gasteiger partial charge is 0.352 e. The molecule has 0 fully saturated rings. The van der Waals surface area contributed by atoms with E-state index in [2.05, 4.69) is 42.6 Å². The van der Waals surface area contributed by atoms with Gasteiger partial charge in [0.05, 0.1) is 5.02 Å². The van der Waals surface area contributed by atoms with Crippen molar-refractivity contribution >= 4 is 40.1 Å². The highest BCUT2D eigenvalue weighted by molar-refractivity contribution is 14.1. The average molecular weight is 378 g/mol. The highest BCUT2D eigenvalue weighted by Crippen LogP contribution is 2.19. The summed E-state index contributed by atoms with van der Waals surface area (Å²) < 4.78 is 5.51. The Hall–Kier alpha value is -1.15. The average Bonchev–Trinajstić information content (AvgIpc) is 2.85. The molecule has 0 atom stereocenters. The van der Waals surface area contributed by atoms with Crippen molar-refractivity contribution in [3.8, 4) is 0 Å². The number of rotatable bonds is 4. The molecule has 0 aliphatic carbocycles. The first kappa shape index (κ1) is 13.3.